The van der Waals surface area contributed by atoms with Crippen LogP contribution in [0.15, 0.2) is 202 Å². The zero-order chi connectivity index (χ0) is 65.4. The first-order valence-electron chi connectivity index (χ1n) is 29.9. The Kier molecular flexibility index (Phi) is 20.5. The zero-order valence-electron chi connectivity index (χ0n) is 50.6. The van der Waals surface area contributed by atoms with E-state index < -0.39 is 17.7 Å². The first-order chi connectivity index (χ1) is 45.2. The third-order valence-corrected chi connectivity index (χ3v) is 15.2. The van der Waals surface area contributed by atoms with Gasteiger partial charge < -0.3 is 63.3 Å². The van der Waals surface area contributed by atoms with Gasteiger partial charge in [0.15, 0.2) is 0 Å². The molecule has 24 heteroatoms. The lowest BCUT2D eigenvalue weighted by Gasteiger charge is -2.26. The Labute approximate surface area is 535 Å². The van der Waals surface area contributed by atoms with Crippen LogP contribution >= 0.6 is 0 Å². The quantitative estimate of drug-likeness (QED) is 0.0303. The van der Waals surface area contributed by atoms with Gasteiger partial charge in [0.1, 0.15) is 85.7 Å². The number of fused-ring (bicyclic) bond motifs is 3. The highest BCUT2D eigenvalue weighted by atomic mass is 16.5. The Morgan fingerprint density at radius 3 is 0.860 bits per heavy atom. The molecule has 3 aliphatic rings. The molecule has 9 aromatic rings. The number of anilines is 3. The number of benzene rings is 6. The first-order valence-corrected chi connectivity index (χ1v) is 29.9. The molecule has 6 aromatic carbocycles. The lowest BCUT2D eigenvalue weighted by Crippen LogP contribution is -2.34. The van der Waals surface area contributed by atoms with Crippen molar-refractivity contribution in [3.05, 3.63) is 218 Å². The van der Waals surface area contributed by atoms with Crippen molar-refractivity contribution >= 4 is 52.9 Å². The van der Waals surface area contributed by atoms with Crippen LogP contribution in [0, 0.1) is 0 Å². The van der Waals surface area contributed by atoms with E-state index in [0.29, 0.717) is 108 Å². The van der Waals surface area contributed by atoms with E-state index in [-0.39, 0.29) is 35.8 Å². The number of amides is 6. The molecule has 0 bridgehead atoms. The SMILES string of the molecule is C=CC(=O)NCC1CCNc2c(C(N)=O)c(-c3ccc(Oc4ccccc4)cc3)nn21.C=CC(=O)NCC1CCNc2c(C(N)=O)c(-c3ccc(Oc4ccccc4)cc3)nn21.C=CC(=O)NCC1CCNc2c(C(N)=O)c(-c3ccc(Oc4ccccc4)cc3)nn21. The summed E-state index contributed by atoms with van der Waals surface area (Å²) in [5, 5.41) is 32.1. The Bertz CT molecular complexity index is 3740. The van der Waals surface area contributed by atoms with Crippen LogP contribution in [0.3, 0.4) is 0 Å². The Morgan fingerprint density at radius 1 is 0.398 bits per heavy atom. The molecule has 3 unspecified atom stereocenters. The molecular formula is C69H69N15O9. The van der Waals surface area contributed by atoms with E-state index in [4.69, 9.17) is 31.4 Å². The summed E-state index contributed by atoms with van der Waals surface area (Å²) in [6.07, 6.45) is 5.91. The summed E-state index contributed by atoms with van der Waals surface area (Å²) in [4.78, 5) is 71.5. The van der Waals surface area contributed by atoms with Crippen molar-refractivity contribution in [2.45, 2.75) is 37.4 Å². The summed E-state index contributed by atoms with van der Waals surface area (Å²) < 4.78 is 22.7. The van der Waals surface area contributed by atoms with Crippen LogP contribution < -0.4 is 63.3 Å². The zero-order valence-corrected chi connectivity index (χ0v) is 50.6. The average molecular weight is 1250 g/mol. The number of carbonyl (C=O) groups is 6. The normalized spacial score (nSPS) is 14.8. The number of primary amides is 3. The molecule has 0 aliphatic carbocycles. The summed E-state index contributed by atoms with van der Waals surface area (Å²) in [6, 6.07) is 50.1. The van der Waals surface area contributed by atoms with Gasteiger partial charge in [-0.15, -0.1) is 0 Å². The van der Waals surface area contributed by atoms with Crippen LogP contribution in [-0.4, -0.2) is 104 Å². The number of nitrogens with one attached hydrogen (secondary N) is 6. The molecule has 474 valence electrons. The molecular weight excluding hydrogens is 1180 g/mol. The lowest BCUT2D eigenvalue weighted by atomic mass is 10.1. The van der Waals surface area contributed by atoms with Crippen LogP contribution in [0.2, 0.25) is 0 Å². The second kappa shape index (κ2) is 29.9. The molecule has 3 aromatic heterocycles. The first kappa shape index (κ1) is 63.8. The Balaban J connectivity index is 0.000000153. The minimum absolute atomic E-state index is 0.104. The van der Waals surface area contributed by atoms with E-state index in [0.717, 1.165) is 53.2 Å². The van der Waals surface area contributed by atoms with E-state index in [1.54, 1.807) is 14.0 Å². The topological polar surface area (TPSA) is 334 Å². The van der Waals surface area contributed by atoms with E-state index in [1.165, 1.54) is 18.2 Å². The van der Waals surface area contributed by atoms with Gasteiger partial charge in [0.2, 0.25) is 17.7 Å². The number of aromatic nitrogens is 6. The number of rotatable bonds is 21. The highest BCUT2D eigenvalue weighted by Gasteiger charge is 2.33. The maximum atomic E-state index is 12.3. The fourth-order valence-electron chi connectivity index (χ4n) is 10.7. The number of nitrogens with zero attached hydrogens (tertiary/aromatic N) is 6. The van der Waals surface area contributed by atoms with Crippen molar-refractivity contribution in [1.82, 2.24) is 45.3 Å². The lowest BCUT2D eigenvalue weighted by molar-refractivity contribution is -0.117. The minimum Gasteiger partial charge on any atom is -0.457 e. The van der Waals surface area contributed by atoms with E-state index in [2.05, 4.69) is 66.9 Å². The summed E-state index contributed by atoms with van der Waals surface area (Å²) in [7, 11) is 0. The van der Waals surface area contributed by atoms with Gasteiger partial charge in [0, 0.05) is 56.0 Å². The number of hydrogen-bond acceptors (Lipinski definition) is 15. The number of nitrogens with two attached hydrogens (primary N) is 3. The van der Waals surface area contributed by atoms with Crippen molar-refractivity contribution in [3.8, 4) is 68.3 Å². The van der Waals surface area contributed by atoms with Crippen LogP contribution in [-0.2, 0) is 14.4 Å². The molecule has 12 rings (SSSR count). The predicted molar refractivity (Wildman–Crippen MR) is 354 cm³/mol. The highest BCUT2D eigenvalue weighted by Crippen LogP contribution is 2.39. The summed E-state index contributed by atoms with van der Waals surface area (Å²) >= 11 is 0. The fourth-order valence-corrected chi connectivity index (χ4v) is 10.7. The van der Waals surface area contributed by atoms with Crippen molar-refractivity contribution < 1.29 is 43.0 Å². The fraction of sp³-hybridized carbons (Fsp3) is 0.174. The van der Waals surface area contributed by atoms with Gasteiger partial charge in [0.25, 0.3) is 17.7 Å². The van der Waals surface area contributed by atoms with Gasteiger partial charge in [0.05, 0.1) is 18.1 Å². The average Bonchev–Trinajstić information content (AvgIpc) is 1.64. The van der Waals surface area contributed by atoms with Crippen molar-refractivity contribution in [1.29, 1.82) is 0 Å². The Hall–Kier alpha value is -12.2. The summed E-state index contributed by atoms with van der Waals surface area (Å²) in [5.74, 6) is 3.45. The van der Waals surface area contributed by atoms with Gasteiger partial charge in [-0.2, -0.15) is 15.3 Å². The highest BCUT2D eigenvalue weighted by molar-refractivity contribution is 6.05. The van der Waals surface area contributed by atoms with Gasteiger partial charge in [-0.25, -0.2) is 14.0 Å². The Morgan fingerprint density at radius 2 is 0.634 bits per heavy atom. The summed E-state index contributed by atoms with van der Waals surface area (Å²) in [6.45, 7) is 13.5. The second-order valence-electron chi connectivity index (χ2n) is 21.4. The molecule has 12 N–H and O–H groups in total. The number of hydrogen-bond donors (Lipinski definition) is 9. The molecule has 0 saturated carbocycles. The largest absolute Gasteiger partial charge is 0.457 e. The van der Waals surface area contributed by atoms with Crippen molar-refractivity contribution in [2.24, 2.45) is 17.2 Å². The molecule has 3 atom stereocenters. The second-order valence-corrected chi connectivity index (χ2v) is 21.4. The van der Waals surface area contributed by atoms with E-state index in [1.807, 2.05) is 164 Å². The monoisotopic (exact) mass is 1250 g/mol. The molecule has 0 fully saturated rings. The number of ether oxygens (including phenoxy) is 3. The van der Waals surface area contributed by atoms with Crippen LogP contribution in [0.1, 0.15) is 68.5 Å². The molecule has 6 heterocycles. The molecule has 93 heavy (non-hydrogen) atoms. The van der Waals surface area contributed by atoms with E-state index in [9.17, 15) is 28.8 Å². The van der Waals surface area contributed by atoms with Crippen LogP contribution in [0.4, 0.5) is 17.5 Å². The van der Waals surface area contributed by atoms with Gasteiger partial charge in [-0.05, 0) is 147 Å². The van der Waals surface area contributed by atoms with Crippen molar-refractivity contribution in [2.75, 3.05) is 55.2 Å². The summed E-state index contributed by atoms with van der Waals surface area (Å²) in [5.41, 5.74) is 21.8. The molecule has 6 amide bonds. The van der Waals surface area contributed by atoms with Gasteiger partial charge in [-0.1, -0.05) is 74.3 Å². The van der Waals surface area contributed by atoms with E-state index >= 15 is 0 Å². The minimum atomic E-state index is -0.566. The van der Waals surface area contributed by atoms with Crippen LogP contribution in [0.5, 0.6) is 34.5 Å². The molecule has 3 aliphatic heterocycles. The molecule has 24 nitrogen and oxygen atoms in total. The standard InChI is InChI=1S/3C23H23N5O3/c3*1-2-19(29)26-14-16-12-13-25-23-20(22(24)30)21(27-28(16)23)15-8-10-18(11-9-15)31-17-6-4-3-5-7-17/h3*2-11,16,25H,1,12-14H2,(H2,24,30)(H,26,29). The third-order valence-electron chi connectivity index (χ3n) is 15.2. The molecule has 0 saturated heterocycles. The van der Waals surface area contributed by atoms with Crippen molar-refractivity contribution in [3.63, 3.8) is 0 Å². The van der Waals surface area contributed by atoms with Crippen LogP contribution in [0.25, 0.3) is 33.8 Å². The molecule has 0 spiro atoms. The third kappa shape index (κ3) is 15.4. The number of para-hydroxylation sites is 3. The van der Waals surface area contributed by atoms with Gasteiger partial charge in [-0.3, -0.25) is 28.8 Å². The maximum Gasteiger partial charge on any atom is 0.254 e. The predicted octanol–water partition coefficient (Wildman–Crippen LogP) is 9.30. The number of carbonyl (C=O) groups excluding carboxylic acids is 6. The smallest absolute Gasteiger partial charge is 0.254 e. The van der Waals surface area contributed by atoms with Gasteiger partial charge >= 0.3 is 0 Å². The maximum absolute atomic E-state index is 12.3. The molecule has 0 radical (unpaired) electrons.